The SMILES string of the molecule is CC(CCC(C)(C)C)C(C)CC(C)(C)C. The molecule has 92 valence electrons. The maximum absolute atomic E-state index is 2.42. The highest BCUT2D eigenvalue weighted by Gasteiger charge is 2.21. The normalized spacial score (nSPS) is 17.6. The molecular formula is C15H32. The van der Waals surface area contributed by atoms with Crippen LogP contribution in [0.2, 0.25) is 0 Å². The first-order valence-electron chi connectivity index (χ1n) is 6.51. The molecule has 0 bridgehead atoms. The van der Waals surface area contributed by atoms with Gasteiger partial charge in [-0.3, -0.25) is 0 Å². The van der Waals surface area contributed by atoms with Crippen LogP contribution in [0.4, 0.5) is 0 Å². The van der Waals surface area contributed by atoms with E-state index in [-0.39, 0.29) is 0 Å². The van der Waals surface area contributed by atoms with E-state index in [0.717, 1.165) is 11.8 Å². The van der Waals surface area contributed by atoms with E-state index in [4.69, 9.17) is 0 Å². The van der Waals surface area contributed by atoms with Crippen molar-refractivity contribution in [1.29, 1.82) is 0 Å². The smallest absolute Gasteiger partial charge is 0.0380 e. The molecule has 0 amide bonds. The lowest BCUT2D eigenvalue weighted by Crippen LogP contribution is -2.18. The lowest BCUT2D eigenvalue weighted by atomic mass is 9.77. The van der Waals surface area contributed by atoms with Crippen molar-refractivity contribution in [3.63, 3.8) is 0 Å². The average Bonchev–Trinajstić information content (AvgIpc) is 1.95. The molecule has 0 heterocycles. The Morgan fingerprint density at radius 2 is 1.20 bits per heavy atom. The Labute approximate surface area is 97.8 Å². The molecular weight excluding hydrogens is 180 g/mol. The van der Waals surface area contributed by atoms with E-state index in [0.29, 0.717) is 10.8 Å². The summed E-state index contributed by atoms with van der Waals surface area (Å²) in [5.41, 5.74) is 0.977. The predicted octanol–water partition coefficient (Wildman–Crippen LogP) is 5.52. The Kier molecular flexibility index (Phi) is 5.37. The van der Waals surface area contributed by atoms with Gasteiger partial charge in [0.2, 0.25) is 0 Å². The highest BCUT2D eigenvalue weighted by atomic mass is 14.3. The Balaban J connectivity index is 3.95. The standard InChI is InChI=1S/C15H32/c1-12(9-10-14(3,4)5)13(2)11-15(6,7)8/h12-13H,9-11H2,1-8H3. The van der Waals surface area contributed by atoms with Crippen LogP contribution >= 0.6 is 0 Å². The minimum atomic E-state index is 0.482. The van der Waals surface area contributed by atoms with Crippen molar-refractivity contribution in [2.45, 2.75) is 74.7 Å². The molecule has 2 unspecified atom stereocenters. The first-order chi connectivity index (χ1) is 6.51. The maximum atomic E-state index is 2.42. The summed E-state index contributed by atoms with van der Waals surface area (Å²) in [7, 11) is 0. The molecule has 2 atom stereocenters. The second kappa shape index (κ2) is 5.37. The third-order valence-corrected chi connectivity index (χ3v) is 3.26. The van der Waals surface area contributed by atoms with Gasteiger partial charge in [-0.15, -0.1) is 0 Å². The van der Waals surface area contributed by atoms with Gasteiger partial charge in [0.15, 0.2) is 0 Å². The summed E-state index contributed by atoms with van der Waals surface area (Å²) in [4.78, 5) is 0. The number of hydrogen-bond donors (Lipinski definition) is 0. The molecule has 0 aromatic carbocycles. The first kappa shape index (κ1) is 15.0. The lowest BCUT2D eigenvalue weighted by molar-refractivity contribution is 0.220. The van der Waals surface area contributed by atoms with Crippen molar-refractivity contribution in [2.24, 2.45) is 22.7 Å². The van der Waals surface area contributed by atoms with Crippen LogP contribution in [-0.4, -0.2) is 0 Å². The van der Waals surface area contributed by atoms with Crippen LogP contribution in [0, 0.1) is 22.7 Å². The largest absolute Gasteiger partial charge is 0.0623 e. The second-order valence-corrected chi connectivity index (χ2v) is 7.82. The molecule has 0 spiro atoms. The zero-order valence-corrected chi connectivity index (χ0v) is 12.3. The number of hydrogen-bond acceptors (Lipinski definition) is 0. The van der Waals surface area contributed by atoms with Crippen molar-refractivity contribution >= 4 is 0 Å². The molecule has 15 heavy (non-hydrogen) atoms. The Morgan fingerprint density at radius 1 is 0.733 bits per heavy atom. The zero-order valence-electron chi connectivity index (χ0n) is 12.3. The molecule has 0 radical (unpaired) electrons. The van der Waals surface area contributed by atoms with Crippen LogP contribution in [0.5, 0.6) is 0 Å². The topological polar surface area (TPSA) is 0 Å². The summed E-state index contributed by atoms with van der Waals surface area (Å²) >= 11 is 0. The van der Waals surface area contributed by atoms with Crippen LogP contribution in [-0.2, 0) is 0 Å². The molecule has 0 N–H and O–H groups in total. The van der Waals surface area contributed by atoms with Crippen molar-refractivity contribution in [2.75, 3.05) is 0 Å². The van der Waals surface area contributed by atoms with Crippen LogP contribution in [0.3, 0.4) is 0 Å². The van der Waals surface area contributed by atoms with Gasteiger partial charge >= 0.3 is 0 Å². The second-order valence-electron chi connectivity index (χ2n) is 7.82. The summed E-state index contributed by atoms with van der Waals surface area (Å²) in [5, 5.41) is 0. The molecule has 0 aromatic rings. The quantitative estimate of drug-likeness (QED) is 0.575. The van der Waals surface area contributed by atoms with E-state index in [9.17, 15) is 0 Å². The molecule has 0 aromatic heterocycles. The van der Waals surface area contributed by atoms with Crippen LogP contribution < -0.4 is 0 Å². The molecule has 0 rings (SSSR count). The van der Waals surface area contributed by atoms with Gasteiger partial charge in [-0.25, -0.2) is 0 Å². The van der Waals surface area contributed by atoms with Gasteiger partial charge in [0, 0.05) is 0 Å². The highest BCUT2D eigenvalue weighted by molar-refractivity contribution is 4.72. The van der Waals surface area contributed by atoms with Gasteiger partial charge < -0.3 is 0 Å². The molecule has 0 aliphatic heterocycles. The van der Waals surface area contributed by atoms with E-state index in [1.165, 1.54) is 19.3 Å². The van der Waals surface area contributed by atoms with Gasteiger partial charge in [0.05, 0.1) is 0 Å². The fraction of sp³-hybridized carbons (Fsp3) is 1.00. The van der Waals surface area contributed by atoms with E-state index < -0.39 is 0 Å². The Bertz CT molecular complexity index is 165. The molecule has 0 saturated carbocycles. The monoisotopic (exact) mass is 212 g/mol. The first-order valence-corrected chi connectivity index (χ1v) is 6.51. The minimum absolute atomic E-state index is 0.482. The molecule has 0 heteroatoms. The third kappa shape index (κ3) is 8.96. The number of rotatable bonds is 4. The van der Waals surface area contributed by atoms with E-state index in [1.807, 2.05) is 0 Å². The van der Waals surface area contributed by atoms with Crippen molar-refractivity contribution in [3.8, 4) is 0 Å². The zero-order chi connectivity index (χ0) is 12.3. The van der Waals surface area contributed by atoms with Crippen LogP contribution in [0.1, 0.15) is 74.7 Å². The van der Waals surface area contributed by atoms with Gasteiger partial charge in [-0.2, -0.15) is 0 Å². The third-order valence-electron chi connectivity index (χ3n) is 3.26. The summed E-state index contributed by atoms with van der Waals surface area (Å²) in [6.07, 6.45) is 4.07. The lowest BCUT2D eigenvalue weighted by Gasteiger charge is -2.29. The molecule has 0 saturated heterocycles. The van der Waals surface area contributed by atoms with E-state index in [1.54, 1.807) is 0 Å². The van der Waals surface area contributed by atoms with Crippen molar-refractivity contribution < 1.29 is 0 Å². The Hall–Kier alpha value is 0. The summed E-state index contributed by atoms with van der Waals surface area (Å²) < 4.78 is 0. The van der Waals surface area contributed by atoms with Crippen molar-refractivity contribution in [3.05, 3.63) is 0 Å². The van der Waals surface area contributed by atoms with E-state index >= 15 is 0 Å². The minimum Gasteiger partial charge on any atom is -0.0623 e. The van der Waals surface area contributed by atoms with Crippen molar-refractivity contribution in [1.82, 2.24) is 0 Å². The van der Waals surface area contributed by atoms with Crippen LogP contribution in [0.15, 0.2) is 0 Å². The van der Waals surface area contributed by atoms with Gasteiger partial charge in [-0.05, 0) is 41.9 Å². The average molecular weight is 212 g/mol. The highest BCUT2D eigenvalue weighted by Crippen LogP contribution is 2.32. The summed E-state index contributed by atoms with van der Waals surface area (Å²) in [6.45, 7) is 18.9. The van der Waals surface area contributed by atoms with E-state index in [2.05, 4.69) is 55.4 Å². The maximum Gasteiger partial charge on any atom is -0.0380 e. The molecule has 0 nitrogen and oxygen atoms in total. The van der Waals surface area contributed by atoms with Gasteiger partial charge in [-0.1, -0.05) is 55.4 Å². The molecule has 0 aliphatic carbocycles. The van der Waals surface area contributed by atoms with Gasteiger partial charge in [0.25, 0.3) is 0 Å². The fourth-order valence-corrected chi connectivity index (χ4v) is 2.11. The predicted molar refractivity (Wildman–Crippen MR) is 71.1 cm³/mol. The summed E-state index contributed by atoms with van der Waals surface area (Å²) in [6, 6.07) is 0. The molecule has 0 aliphatic rings. The fourth-order valence-electron chi connectivity index (χ4n) is 2.11. The molecule has 0 fully saturated rings. The van der Waals surface area contributed by atoms with Gasteiger partial charge in [0.1, 0.15) is 0 Å². The van der Waals surface area contributed by atoms with Crippen LogP contribution in [0.25, 0.3) is 0 Å². The Morgan fingerprint density at radius 3 is 1.53 bits per heavy atom. The summed E-state index contributed by atoms with van der Waals surface area (Å²) in [5.74, 6) is 1.72.